The van der Waals surface area contributed by atoms with Gasteiger partial charge in [0.25, 0.3) is 0 Å². The molecule has 1 aliphatic heterocycles. The summed E-state index contributed by atoms with van der Waals surface area (Å²) < 4.78 is 10.8. The molecular formula is C12H15NO2. The average molecular weight is 205 g/mol. The van der Waals surface area contributed by atoms with Crippen molar-refractivity contribution in [2.45, 2.75) is 12.5 Å². The summed E-state index contributed by atoms with van der Waals surface area (Å²) in [6.45, 7) is 0.948. The van der Waals surface area contributed by atoms with E-state index >= 15 is 0 Å². The summed E-state index contributed by atoms with van der Waals surface area (Å²) in [4.78, 5) is 0. The highest BCUT2D eigenvalue weighted by atomic mass is 16.7. The van der Waals surface area contributed by atoms with E-state index in [1.807, 2.05) is 36.4 Å². The predicted molar refractivity (Wildman–Crippen MR) is 58.9 cm³/mol. The van der Waals surface area contributed by atoms with Crippen molar-refractivity contribution in [3.05, 3.63) is 41.7 Å². The van der Waals surface area contributed by atoms with E-state index in [0.717, 1.165) is 17.7 Å². The molecular weight excluding hydrogens is 190 g/mol. The number of nitrogens with two attached hydrogens (primary N) is 1. The largest absolute Gasteiger partial charge is 0.469 e. The van der Waals surface area contributed by atoms with Crippen LogP contribution in [-0.2, 0) is 9.47 Å². The Morgan fingerprint density at radius 3 is 2.87 bits per heavy atom. The Bertz CT molecular complexity index is 335. The van der Waals surface area contributed by atoms with Gasteiger partial charge in [0, 0.05) is 0 Å². The first kappa shape index (κ1) is 10.2. The lowest BCUT2D eigenvalue weighted by Crippen LogP contribution is -2.14. The van der Waals surface area contributed by atoms with Crippen LogP contribution in [0, 0.1) is 0 Å². The van der Waals surface area contributed by atoms with Crippen molar-refractivity contribution >= 4 is 6.08 Å². The molecule has 2 N–H and O–H groups in total. The van der Waals surface area contributed by atoms with Crippen LogP contribution >= 0.6 is 0 Å². The van der Waals surface area contributed by atoms with Crippen molar-refractivity contribution < 1.29 is 9.47 Å². The number of hydrogen-bond acceptors (Lipinski definition) is 3. The Morgan fingerprint density at radius 1 is 1.33 bits per heavy atom. The Balaban J connectivity index is 2.12. The maximum absolute atomic E-state index is 5.50. The van der Waals surface area contributed by atoms with E-state index in [9.17, 15) is 0 Å². The lowest BCUT2D eigenvalue weighted by Gasteiger charge is -2.06. The van der Waals surface area contributed by atoms with Gasteiger partial charge in [0.15, 0.2) is 6.79 Å². The molecule has 1 aromatic carbocycles. The van der Waals surface area contributed by atoms with Crippen LogP contribution in [0.1, 0.15) is 12.0 Å². The fourth-order valence-electron chi connectivity index (χ4n) is 1.58. The summed E-state index contributed by atoms with van der Waals surface area (Å²) in [7, 11) is 0. The first-order chi connectivity index (χ1) is 7.40. The topological polar surface area (TPSA) is 44.5 Å². The number of hydrogen-bond donors (Lipinski definition) is 1. The highest BCUT2D eigenvalue weighted by Crippen LogP contribution is 2.21. The summed E-state index contributed by atoms with van der Waals surface area (Å²) >= 11 is 0. The van der Waals surface area contributed by atoms with Crippen LogP contribution in [0.4, 0.5) is 0 Å². The van der Waals surface area contributed by atoms with Crippen LogP contribution < -0.4 is 5.73 Å². The van der Waals surface area contributed by atoms with Crippen LogP contribution in [0.2, 0.25) is 0 Å². The van der Waals surface area contributed by atoms with Gasteiger partial charge in [0.05, 0.1) is 0 Å². The summed E-state index contributed by atoms with van der Waals surface area (Å²) in [5, 5.41) is 0. The molecule has 1 saturated heterocycles. The van der Waals surface area contributed by atoms with E-state index in [0.29, 0.717) is 13.3 Å². The fourth-order valence-corrected chi connectivity index (χ4v) is 1.58. The average Bonchev–Trinajstić information content (AvgIpc) is 2.68. The van der Waals surface area contributed by atoms with Crippen molar-refractivity contribution in [1.29, 1.82) is 0 Å². The quantitative estimate of drug-likeness (QED) is 0.817. The molecule has 15 heavy (non-hydrogen) atoms. The second-order valence-corrected chi connectivity index (χ2v) is 3.45. The second kappa shape index (κ2) is 4.96. The Labute approximate surface area is 89.5 Å². The molecule has 1 atom stereocenters. The Hall–Kier alpha value is -1.32. The second-order valence-electron chi connectivity index (χ2n) is 3.45. The van der Waals surface area contributed by atoms with Gasteiger partial charge in [-0.2, -0.15) is 0 Å². The molecule has 1 unspecified atom stereocenters. The van der Waals surface area contributed by atoms with E-state index in [2.05, 4.69) is 0 Å². The Morgan fingerprint density at radius 2 is 2.13 bits per heavy atom. The minimum Gasteiger partial charge on any atom is -0.469 e. The molecule has 1 aromatic rings. The molecule has 0 bridgehead atoms. The summed E-state index contributed by atoms with van der Waals surface area (Å²) in [6, 6.07) is 10.1. The maximum atomic E-state index is 5.50. The van der Waals surface area contributed by atoms with Gasteiger partial charge in [-0.3, -0.25) is 0 Å². The van der Waals surface area contributed by atoms with Gasteiger partial charge in [-0.05, 0) is 24.6 Å². The van der Waals surface area contributed by atoms with Crippen LogP contribution in [-0.4, -0.2) is 19.4 Å². The van der Waals surface area contributed by atoms with Gasteiger partial charge in [0.2, 0.25) is 0 Å². The van der Waals surface area contributed by atoms with Gasteiger partial charge < -0.3 is 15.2 Å². The third kappa shape index (κ3) is 2.58. The minimum absolute atomic E-state index is 0.0233. The van der Waals surface area contributed by atoms with Crippen molar-refractivity contribution in [2.75, 3.05) is 13.3 Å². The summed E-state index contributed by atoms with van der Waals surface area (Å²) in [5.41, 5.74) is 6.63. The van der Waals surface area contributed by atoms with Crippen molar-refractivity contribution in [3.63, 3.8) is 0 Å². The van der Waals surface area contributed by atoms with Crippen LogP contribution in [0.5, 0.6) is 0 Å². The Kier molecular flexibility index (Phi) is 3.37. The molecule has 2 rings (SSSR count). The molecule has 1 aliphatic rings. The highest BCUT2D eigenvalue weighted by molar-refractivity contribution is 5.52. The first-order valence-corrected chi connectivity index (χ1v) is 5.11. The molecule has 0 saturated carbocycles. The molecule has 0 spiro atoms. The van der Waals surface area contributed by atoms with Crippen molar-refractivity contribution in [3.8, 4) is 0 Å². The van der Waals surface area contributed by atoms with Crippen LogP contribution in [0.15, 0.2) is 36.1 Å². The number of benzene rings is 1. The highest BCUT2D eigenvalue weighted by Gasteiger charge is 2.22. The maximum Gasteiger partial charge on any atom is 0.189 e. The van der Waals surface area contributed by atoms with Gasteiger partial charge in [-0.25, -0.2) is 0 Å². The molecule has 0 amide bonds. The monoisotopic (exact) mass is 205 g/mol. The van der Waals surface area contributed by atoms with E-state index in [1.165, 1.54) is 0 Å². The van der Waals surface area contributed by atoms with E-state index in [-0.39, 0.29) is 6.10 Å². The molecule has 0 aromatic heterocycles. The molecule has 0 aliphatic carbocycles. The van der Waals surface area contributed by atoms with Gasteiger partial charge in [-0.1, -0.05) is 30.3 Å². The van der Waals surface area contributed by atoms with E-state index < -0.39 is 0 Å². The smallest absolute Gasteiger partial charge is 0.189 e. The predicted octanol–water partition coefficient (Wildman–Crippen LogP) is 1.75. The van der Waals surface area contributed by atoms with Crippen LogP contribution in [0.3, 0.4) is 0 Å². The zero-order valence-electron chi connectivity index (χ0n) is 8.56. The van der Waals surface area contributed by atoms with Gasteiger partial charge >= 0.3 is 0 Å². The molecule has 3 heteroatoms. The molecule has 1 heterocycles. The van der Waals surface area contributed by atoms with Gasteiger partial charge in [-0.15, -0.1) is 0 Å². The lowest BCUT2D eigenvalue weighted by atomic mass is 10.1. The van der Waals surface area contributed by atoms with Crippen molar-refractivity contribution in [2.24, 2.45) is 5.73 Å². The molecule has 0 radical (unpaired) electrons. The number of ether oxygens (including phenoxy) is 2. The molecule has 80 valence electrons. The van der Waals surface area contributed by atoms with Crippen LogP contribution in [0.25, 0.3) is 6.08 Å². The normalized spacial score (nSPS) is 23.0. The first-order valence-electron chi connectivity index (χ1n) is 5.11. The minimum atomic E-state index is 0.0233. The molecule has 3 nitrogen and oxygen atoms in total. The van der Waals surface area contributed by atoms with Crippen molar-refractivity contribution in [1.82, 2.24) is 0 Å². The van der Waals surface area contributed by atoms with E-state index in [4.69, 9.17) is 15.2 Å². The summed E-state index contributed by atoms with van der Waals surface area (Å²) in [6.07, 6.45) is 2.83. The zero-order valence-corrected chi connectivity index (χ0v) is 8.56. The van der Waals surface area contributed by atoms with Gasteiger partial charge in [0.1, 0.15) is 11.9 Å². The van der Waals surface area contributed by atoms with E-state index in [1.54, 1.807) is 0 Å². The fraction of sp³-hybridized carbons (Fsp3) is 0.333. The third-order valence-corrected chi connectivity index (χ3v) is 2.35. The SMILES string of the molecule is NCCC1OCOC1=Cc1ccccc1. The zero-order chi connectivity index (χ0) is 10.5. The summed E-state index contributed by atoms with van der Waals surface area (Å²) in [5.74, 6) is 0.881. The third-order valence-electron chi connectivity index (χ3n) is 2.35. The lowest BCUT2D eigenvalue weighted by molar-refractivity contribution is 0.0479. The molecule has 1 fully saturated rings. The standard InChI is InChI=1S/C12H15NO2/c13-7-6-11-12(15-9-14-11)8-10-4-2-1-3-5-10/h1-5,8,11H,6-7,9,13H2. The number of rotatable bonds is 3.